The Hall–Kier alpha value is -4.17. The van der Waals surface area contributed by atoms with E-state index in [0.717, 1.165) is 33.6 Å². The largest absolute Gasteiger partial charge is 0.489 e. The summed E-state index contributed by atoms with van der Waals surface area (Å²) in [5, 5.41) is 5.60. The average molecular weight is 608 g/mol. The zero-order valence-corrected chi connectivity index (χ0v) is 25.1. The van der Waals surface area contributed by atoms with Gasteiger partial charge in [0.25, 0.3) is 5.91 Å². The number of ether oxygens (including phenoxy) is 1. The van der Waals surface area contributed by atoms with E-state index in [9.17, 15) is 4.79 Å². The second kappa shape index (κ2) is 12.4. The molecule has 2 heterocycles. The summed E-state index contributed by atoms with van der Waals surface area (Å²) in [5.41, 5.74) is 5.24. The van der Waals surface area contributed by atoms with Crippen molar-refractivity contribution in [3.63, 3.8) is 0 Å². The third-order valence-electron chi connectivity index (χ3n) is 7.00. The molecule has 0 saturated carbocycles. The molecule has 208 valence electrons. The predicted molar refractivity (Wildman–Crippen MR) is 175 cm³/mol. The van der Waals surface area contributed by atoms with Crippen LogP contribution in [0.15, 0.2) is 120 Å². The van der Waals surface area contributed by atoms with Crippen molar-refractivity contribution in [1.29, 1.82) is 0 Å². The van der Waals surface area contributed by atoms with E-state index >= 15 is 0 Å². The first-order chi connectivity index (χ1) is 20.5. The molecule has 6 rings (SSSR count). The van der Waals surface area contributed by atoms with Crippen LogP contribution in [0.5, 0.6) is 5.75 Å². The van der Waals surface area contributed by atoms with Gasteiger partial charge in [-0.25, -0.2) is 4.68 Å². The predicted octanol–water partition coefficient (Wildman–Crippen LogP) is 8.73. The van der Waals surface area contributed by atoms with Crippen LogP contribution in [0.1, 0.15) is 29.7 Å². The van der Waals surface area contributed by atoms with Crippen LogP contribution in [0.25, 0.3) is 23.0 Å². The molecule has 8 heteroatoms. The van der Waals surface area contributed by atoms with Crippen molar-refractivity contribution in [3.05, 3.63) is 142 Å². The number of nitrogens with zero attached hydrogens (tertiary/aromatic N) is 3. The maximum absolute atomic E-state index is 13.7. The second-order valence-corrected chi connectivity index (χ2v) is 11.8. The zero-order chi connectivity index (χ0) is 29.1. The number of thioether (sulfide) groups is 1. The summed E-state index contributed by atoms with van der Waals surface area (Å²) in [7, 11) is 0. The summed E-state index contributed by atoms with van der Waals surface area (Å²) >= 11 is 13.3. The van der Waals surface area contributed by atoms with Gasteiger partial charge in [0.1, 0.15) is 22.4 Å². The first kappa shape index (κ1) is 28.0. The lowest BCUT2D eigenvalue weighted by Crippen LogP contribution is -2.30. The van der Waals surface area contributed by atoms with Gasteiger partial charge in [0.15, 0.2) is 0 Å². The minimum atomic E-state index is -0.178. The molecule has 1 amide bonds. The van der Waals surface area contributed by atoms with Gasteiger partial charge in [-0.2, -0.15) is 5.10 Å². The first-order valence-electron chi connectivity index (χ1n) is 13.4. The van der Waals surface area contributed by atoms with E-state index < -0.39 is 0 Å². The molecule has 0 spiro atoms. The number of hydrogen-bond acceptors (Lipinski definition) is 5. The number of rotatable bonds is 8. The van der Waals surface area contributed by atoms with E-state index in [1.165, 1.54) is 11.8 Å². The van der Waals surface area contributed by atoms with Crippen molar-refractivity contribution in [1.82, 2.24) is 14.7 Å². The molecule has 1 unspecified atom stereocenters. The van der Waals surface area contributed by atoms with E-state index in [1.54, 1.807) is 4.90 Å². The van der Waals surface area contributed by atoms with Gasteiger partial charge in [0.05, 0.1) is 16.6 Å². The topological polar surface area (TPSA) is 47.4 Å². The second-order valence-electron chi connectivity index (χ2n) is 9.76. The molecule has 42 heavy (non-hydrogen) atoms. The molecule has 4 aromatic carbocycles. The summed E-state index contributed by atoms with van der Waals surface area (Å²) in [5.74, 6) is 0.576. The maximum atomic E-state index is 13.7. The number of halogens is 1. The van der Waals surface area contributed by atoms with Crippen LogP contribution >= 0.6 is 35.6 Å². The fraction of sp³-hybridized carbons (Fsp3) is 0.0882. The van der Waals surface area contributed by atoms with Crippen molar-refractivity contribution >= 4 is 51.9 Å². The number of amides is 1. The van der Waals surface area contributed by atoms with E-state index in [4.69, 9.17) is 33.7 Å². The molecule has 1 aromatic heterocycles. The van der Waals surface area contributed by atoms with Crippen molar-refractivity contribution < 1.29 is 9.53 Å². The Balaban J connectivity index is 1.34. The third-order valence-corrected chi connectivity index (χ3v) is 8.70. The molecule has 0 N–H and O–H groups in total. The Bertz CT molecular complexity index is 1790. The van der Waals surface area contributed by atoms with Gasteiger partial charge in [0.2, 0.25) is 0 Å². The van der Waals surface area contributed by atoms with E-state index in [1.807, 2.05) is 133 Å². The molecule has 5 aromatic rings. The quantitative estimate of drug-likeness (QED) is 0.130. The average Bonchev–Trinajstić information content (AvgIpc) is 3.57. The summed E-state index contributed by atoms with van der Waals surface area (Å²) in [6.07, 6.45) is 3.82. The van der Waals surface area contributed by atoms with Crippen LogP contribution in [0.4, 0.5) is 0 Å². The van der Waals surface area contributed by atoms with Gasteiger partial charge >= 0.3 is 0 Å². The Morgan fingerprint density at radius 1 is 0.952 bits per heavy atom. The number of hydrogen-bond donors (Lipinski definition) is 0. The highest BCUT2D eigenvalue weighted by atomic mass is 35.5. The highest BCUT2D eigenvalue weighted by Crippen LogP contribution is 2.39. The standard InChI is InChI=1S/C34H26ClN3O2S2/c1-23(24-11-4-2-5-12-24)38-33(39)31(42-34(38)41)20-27-21-37(28-15-6-3-7-16-28)36-32(27)25-14-10-17-29(19-25)40-22-26-13-8-9-18-30(26)35/h2-21,23H,22H2,1H3/b31-20-. The minimum absolute atomic E-state index is 0.114. The van der Waals surface area contributed by atoms with E-state index in [2.05, 4.69) is 0 Å². The molecule has 1 saturated heterocycles. The monoisotopic (exact) mass is 607 g/mol. The van der Waals surface area contributed by atoms with E-state index in [0.29, 0.717) is 26.6 Å². The zero-order valence-electron chi connectivity index (χ0n) is 22.7. The first-order valence-corrected chi connectivity index (χ1v) is 15.0. The summed E-state index contributed by atoms with van der Waals surface area (Å²) in [6, 6.07) is 35.0. The fourth-order valence-electron chi connectivity index (χ4n) is 4.78. The van der Waals surface area contributed by atoms with Crippen molar-refractivity contribution in [2.24, 2.45) is 0 Å². The SMILES string of the molecule is CC(c1ccccc1)N1C(=O)/C(=C/c2cn(-c3ccccc3)nc2-c2cccc(OCc3ccccc3Cl)c2)SC1=S. The maximum Gasteiger partial charge on any atom is 0.266 e. The Labute approximate surface area is 259 Å². The molecule has 1 atom stereocenters. The van der Waals surface area contributed by atoms with Crippen molar-refractivity contribution in [3.8, 4) is 22.7 Å². The highest BCUT2D eigenvalue weighted by Gasteiger charge is 2.36. The van der Waals surface area contributed by atoms with E-state index in [-0.39, 0.29) is 11.9 Å². The normalized spacial score (nSPS) is 14.9. The Morgan fingerprint density at radius 2 is 1.67 bits per heavy atom. The molecule has 1 aliphatic rings. The molecule has 0 aliphatic carbocycles. The van der Waals surface area contributed by atoms with Crippen LogP contribution in [0, 0.1) is 0 Å². The number of benzene rings is 4. The summed E-state index contributed by atoms with van der Waals surface area (Å²) < 4.78 is 8.46. The van der Waals surface area contributed by atoms with Gasteiger partial charge in [-0.15, -0.1) is 0 Å². The molecular weight excluding hydrogens is 582 g/mol. The van der Waals surface area contributed by atoms with Gasteiger partial charge < -0.3 is 4.74 Å². The molecule has 5 nitrogen and oxygen atoms in total. The summed E-state index contributed by atoms with van der Waals surface area (Å²) in [6.45, 7) is 2.34. The van der Waals surface area contributed by atoms with Gasteiger partial charge in [0, 0.05) is 27.9 Å². The lowest BCUT2D eigenvalue weighted by atomic mass is 10.1. The lowest BCUT2D eigenvalue weighted by molar-refractivity contribution is -0.123. The third kappa shape index (κ3) is 5.90. The summed E-state index contributed by atoms with van der Waals surface area (Å²) in [4.78, 5) is 15.9. The molecule has 1 fully saturated rings. The minimum Gasteiger partial charge on any atom is -0.489 e. The van der Waals surface area contributed by atoms with Crippen LogP contribution in [-0.2, 0) is 11.4 Å². The lowest BCUT2D eigenvalue weighted by Gasteiger charge is -2.23. The Morgan fingerprint density at radius 3 is 2.43 bits per heavy atom. The van der Waals surface area contributed by atoms with Crippen molar-refractivity contribution in [2.75, 3.05) is 0 Å². The van der Waals surface area contributed by atoms with Gasteiger partial charge in [-0.1, -0.05) is 114 Å². The number of carbonyl (C=O) groups is 1. The molecule has 0 radical (unpaired) electrons. The fourth-order valence-corrected chi connectivity index (χ4v) is 6.38. The van der Waals surface area contributed by atoms with Gasteiger partial charge in [-0.3, -0.25) is 9.69 Å². The highest BCUT2D eigenvalue weighted by molar-refractivity contribution is 8.26. The van der Waals surface area contributed by atoms with Crippen LogP contribution in [0.2, 0.25) is 5.02 Å². The number of aromatic nitrogens is 2. The number of carbonyl (C=O) groups excluding carboxylic acids is 1. The number of thiocarbonyl (C=S) groups is 1. The molecule has 1 aliphatic heterocycles. The van der Waals surface area contributed by atoms with Gasteiger partial charge in [-0.05, 0) is 48.9 Å². The number of para-hydroxylation sites is 1. The smallest absolute Gasteiger partial charge is 0.266 e. The molecule has 0 bridgehead atoms. The van der Waals surface area contributed by atoms with Crippen molar-refractivity contribution in [2.45, 2.75) is 19.6 Å². The van der Waals surface area contributed by atoms with Crippen LogP contribution in [0.3, 0.4) is 0 Å². The van der Waals surface area contributed by atoms with Crippen LogP contribution in [-0.4, -0.2) is 24.9 Å². The van der Waals surface area contributed by atoms with Crippen LogP contribution < -0.4 is 4.74 Å². The Kier molecular flexibility index (Phi) is 8.24. The molecular formula is C34H26ClN3O2S2.